The van der Waals surface area contributed by atoms with Gasteiger partial charge in [0.05, 0.1) is 22.9 Å². The van der Waals surface area contributed by atoms with Crippen LogP contribution in [0.2, 0.25) is 0 Å². The average Bonchev–Trinajstić information content (AvgIpc) is 3.46. The van der Waals surface area contributed by atoms with Crippen LogP contribution in [0.5, 0.6) is 0 Å². The highest BCUT2D eigenvalue weighted by molar-refractivity contribution is 6.10. The van der Waals surface area contributed by atoms with E-state index in [1.165, 1.54) is 66.3 Å². The number of hydrogen-bond donors (Lipinski definition) is 0. The molecule has 190 valence electrons. The van der Waals surface area contributed by atoms with Gasteiger partial charge in [-0.3, -0.25) is 4.98 Å². The molecule has 2 heteroatoms. The van der Waals surface area contributed by atoms with Crippen LogP contribution in [0.4, 0.5) is 0 Å². The predicted octanol–water partition coefficient (Wildman–Crippen LogP) is 9.82. The van der Waals surface area contributed by atoms with Crippen molar-refractivity contribution in [2.75, 3.05) is 0 Å². The van der Waals surface area contributed by atoms with Gasteiger partial charge in [-0.2, -0.15) is 0 Å². The van der Waals surface area contributed by atoms with Crippen LogP contribution in [0.15, 0.2) is 134 Å². The van der Waals surface area contributed by atoms with Crippen LogP contribution < -0.4 is 0 Å². The highest BCUT2D eigenvalue weighted by Crippen LogP contribution is 2.49. The number of nitrogens with zero attached hydrogens (tertiary/aromatic N) is 2. The van der Waals surface area contributed by atoms with Gasteiger partial charge in [0.15, 0.2) is 0 Å². The maximum atomic E-state index is 4.41. The van der Waals surface area contributed by atoms with Crippen LogP contribution in [0.25, 0.3) is 60.9 Å². The minimum absolute atomic E-state index is 0.00963. The van der Waals surface area contributed by atoms with Crippen LogP contribution in [0.3, 0.4) is 0 Å². The molecular formula is C38H28N2. The third-order valence-electron chi connectivity index (χ3n) is 8.69. The number of benzene rings is 5. The molecule has 0 radical (unpaired) electrons. The fourth-order valence-corrected chi connectivity index (χ4v) is 6.68. The molecule has 0 aliphatic heterocycles. The molecule has 2 nitrogen and oxygen atoms in total. The van der Waals surface area contributed by atoms with Gasteiger partial charge in [-0.1, -0.05) is 98.8 Å². The molecule has 7 aromatic rings. The van der Waals surface area contributed by atoms with Crippen molar-refractivity contribution in [3.63, 3.8) is 0 Å². The van der Waals surface area contributed by atoms with E-state index in [2.05, 4.69) is 139 Å². The Kier molecular flexibility index (Phi) is 4.90. The predicted molar refractivity (Wildman–Crippen MR) is 167 cm³/mol. The fraction of sp³-hybridized carbons (Fsp3) is 0.0789. The molecule has 0 spiro atoms. The summed E-state index contributed by atoms with van der Waals surface area (Å²) in [5.74, 6) is 0. The maximum absolute atomic E-state index is 4.41. The van der Waals surface area contributed by atoms with Gasteiger partial charge in [-0.25, -0.2) is 0 Å². The number of para-hydroxylation sites is 1. The van der Waals surface area contributed by atoms with Crippen molar-refractivity contribution in [3.05, 3.63) is 145 Å². The molecule has 40 heavy (non-hydrogen) atoms. The molecular weight excluding hydrogens is 484 g/mol. The molecule has 0 atom stereocenters. The monoisotopic (exact) mass is 512 g/mol. The summed E-state index contributed by atoms with van der Waals surface area (Å²) < 4.78 is 2.32. The van der Waals surface area contributed by atoms with Gasteiger partial charge < -0.3 is 4.57 Å². The summed E-state index contributed by atoms with van der Waals surface area (Å²) in [6, 6.07) is 44.4. The van der Waals surface area contributed by atoms with E-state index in [0.29, 0.717) is 0 Å². The standard InChI is InChI=1S/C38H28N2/c1-38(2)34-14-5-3-12-30(34)31-18-16-27(22-35(31)38)25-9-7-10-26(21-25)28-17-19-33-32-13-4-6-15-36(32)40(37(33)23-28)29-11-8-20-39-24-29/h3-24H,1-2H3. The third kappa shape index (κ3) is 3.32. The lowest BCUT2D eigenvalue weighted by Gasteiger charge is -2.22. The summed E-state index contributed by atoms with van der Waals surface area (Å²) in [7, 11) is 0. The van der Waals surface area contributed by atoms with Crippen LogP contribution >= 0.6 is 0 Å². The molecule has 2 aromatic heterocycles. The first-order chi connectivity index (χ1) is 19.6. The lowest BCUT2D eigenvalue weighted by molar-refractivity contribution is 0.660. The normalized spacial score (nSPS) is 13.4. The zero-order valence-electron chi connectivity index (χ0n) is 22.6. The Labute approximate surface area is 234 Å². The summed E-state index contributed by atoms with van der Waals surface area (Å²) in [5.41, 5.74) is 13.9. The molecule has 0 amide bonds. The number of aromatic nitrogens is 2. The molecule has 0 saturated heterocycles. The van der Waals surface area contributed by atoms with Gasteiger partial charge in [-0.15, -0.1) is 0 Å². The average molecular weight is 513 g/mol. The van der Waals surface area contributed by atoms with Crippen molar-refractivity contribution >= 4 is 21.8 Å². The minimum atomic E-state index is -0.00963. The summed E-state index contributed by atoms with van der Waals surface area (Å²) in [5, 5.41) is 2.50. The first-order valence-electron chi connectivity index (χ1n) is 13.9. The minimum Gasteiger partial charge on any atom is -0.308 e. The van der Waals surface area contributed by atoms with Crippen molar-refractivity contribution in [1.29, 1.82) is 0 Å². The van der Waals surface area contributed by atoms with Gasteiger partial charge in [0, 0.05) is 22.4 Å². The smallest absolute Gasteiger partial charge is 0.0645 e. The second-order valence-corrected chi connectivity index (χ2v) is 11.3. The summed E-state index contributed by atoms with van der Waals surface area (Å²) in [6.07, 6.45) is 3.76. The molecule has 0 fully saturated rings. The first-order valence-corrected chi connectivity index (χ1v) is 13.9. The van der Waals surface area contributed by atoms with Gasteiger partial charge >= 0.3 is 0 Å². The van der Waals surface area contributed by atoms with E-state index in [1.807, 2.05) is 18.5 Å². The van der Waals surface area contributed by atoms with Crippen molar-refractivity contribution in [2.24, 2.45) is 0 Å². The molecule has 0 unspecified atom stereocenters. The topological polar surface area (TPSA) is 17.8 Å². The lowest BCUT2D eigenvalue weighted by atomic mass is 9.81. The first kappa shape index (κ1) is 23.0. The summed E-state index contributed by atoms with van der Waals surface area (Å²) in [4.78, 5) is 4.41. The van der Waals surface area contributed by atoms with E-state index in [0.717, 1.165) is 5.69 Å². The van der Waals surface area contributed by atoms with E-state index < -0.39 is 0 Å². The van der Waals surface area contributed by atoms with E-state index in [9.17, 15) is 0 Å². The van der Waals surface area contributed by atoms with Crippen LogP contribution in [0.1, 0.15) is 25.0 Å². The molecule has 1 aliphatic rings. The largest absolute Gasteiger partial charge is 0.308 e. The number of rotatable bonds is 3. The van der Waals surface area contributed by atoms with Gasteiger partial charge in [0.2, 0.25) is 0 Å². The Morgan fingerprint density at radius 3 is 2.08 bits per heavy atom. The van der Waals surface area contributed by atoms with Crippen LogP contribution in [0, 0.1) is 0 Å². The van der Waals surface area contributed by atoms with E-state index in [1.54, 1.807) is 0 Å². The zero-order valence-corrected chi connectivity index (χ0v) is 22.6. The lowest BCUT2D eigenvalue weighted by Crippen LogP contribution is -2.14. The zero-order chi connectivity index (χ0) is 26.8. The SMILES string of the molecule is CC1(C)c2ccccc2-c2ccc(-c3cccc(-c4ccc5c6ccccc6n(-c6cccnc6)c5c4)c3)cc21. The van der Waals surface area contributed by atoms with Crippen molar-refractivity contribution in [3.8, 4) is 39.1 Å². The molecule has 2 heterocycles. The van der Waals surface area contributed by atoms with Crippen molar-refractivity contribution in [2.45, 2.75) is 19.3 Å². The fourth-order valence-electron chi connectivity index (χ4n) is 6.68. The second-order valence-electron chi connectivity index (χ2n) is 11.3. The van der Waals surface area contributed by atoms with Gasteiger partial charge in [-0.05, 0) is 80.9 Å². The number of fused-ring (bicyclic) bond motifs is 6. The summed E-state index contributed by atoms with van der Waals surface area (Å²) >= 11 is 0. The molecule has 0 N–H and O–H groups in total. The Morgan fingerprint density at radius 1 is 0.525 bits per heavy atom. The second kappa shape index (κ2) is 8.53. The van der Waals surface area contributed by atoms with Crippen LogP contribution in [-0.2, 0) is 5.41 Å². The summed E-state index contributed by atoms with van der Waals surface area (Å²) in [6.45, 7) is 4.68. The highest BCUT2D eigenvalue weighted by Gasteiger charge is 2.35. The highest BCUT2D eigenvalue weighted by atomic mass is 15.0. The molecule has 0 saturated carbocycles. The Balaban J connectivity index is 1.26. The Hall–Kier alpha value is -4.95. The Morgan fingerprint density at radius 2 is 1.23 bits per heavy atom. The van der Waals surface area contributed by atoms with E-state index in [-0.39, 0.29) is 5.41 Å². The van der Waals surface area contributed by atoms with E-state index in [4.69, 9.17) is 0 Å². The molecule has 0 bridgehead atoms. The van der Waals surface area contributed by atoms with E-state index >= 15 is 0 Å². The van der Waals surface area contributed by atoms with Crippen molar-refractivity contribution in [1.82, 2.24) is 9.55 Å². The van der Waals surface area contributed by atoms with Crippen LogP contribution in [-0.4, -0.2) is 9.55 Å². The maximum Gasteiger partial charge on any atom is 0.0645 e. The molecule has 1 aliphatic carbocycles. The third-order valence-corrected chi connectivity index (χ3v) is 8.69. The molecule has 8 rings (SSSR count). The number of pyridine rings is 1. The Bertz CT molecular complexity index is 2080. The van der Waals surface area contributed by atoms with Gasteiger partial charge in [0.25, 0.3) is 0 Å². The van der Waals surface area contributed by atoms with Gasteiger partial charge in [0.1, 0.15) is 0 Å². The number of hydrogen-bond acceptors (Lipinski definition) is 1. The quantitative estimate of drug-likeness (QED) is 0.230. The van der Waals surface area contributed by atoms with Crippen molar-refractivity contribution < 1.29 is 0 Å². The molecule has 5 aromatic carbocycles.